The predicted octanol–water partition coefficient (Wildman–Crippen LogP) is 1.69. The Morgan fingerprint density at radius 3 is 2.58 bits per heavy atom. The zero-order valence-corrected chi connectivity index (χ0v) is 11.2. The third-order valence-corrected chi connectivity index (χ3v) is 3.63. The smallest absolute Gasteiger partial charge is 0.251 e. The molecule has 1 aliphatic heterocycles. The van der Waals surface area contributed by atoms with Gasteiger partial charge in [0.2, 0.25) is 0 Å². The van der Waals surface area contributed by atoms with E-state index in [4.69, 9.17) is 10.5 Å². The number of hydrogen-bond acceptors (Lipinski definition) is 3. The van der Waals surface area contributed by atoms with Crippen molar-refractivity contribution in [3.05, 3.63) is 35.4 Å². The SMILES string of the molecule is NCc1ccc(C(=O)NCCC2CCOCC2)cc1. The second-order valence-corrected chi connectivity index (χ2v) is 5.00. The van der Waals surface area contributed by atoms with Crippen LogP contribution in [-0.4, -0.2) is 25.7 Å². The molecule has 104 valence electrons. The summed E-state index contributed by atoms with van der Waals surface area (Å²) in [6.07, 6.45) is 3.26. The lowest BCUT2D eigenvalue weighted by molar-refractivity contribution is 0.0636. The highest BCUT2D eigenvalue weighted by Gasteiger charge is 2.13. The number of ether oxygens (including phenoxy) is 1. The van der Waals surface area contributed by atoms with E-state index in [1.54, 1.807) is 0 Å². The van der Waals surface area contributed by atoms with Crippen molar-refractivity contribution in [2.45, 2.75) is 25.8 Å². The Morgan fingerprint density at radius 1 is 1.26 bits per heavy atom. The fourth-order valence-corrected chi connectivity index (χ4v) is 2.32. The van der Waals surface area contributed by atoms with Crippen molar-refractivity contribution in [2.24, 2.45) is 11.7 Å². The van der Waals surface area contributed by atoms with Gasteiger partial charge in [-0.3, -0.25) is 4.79 Å². The van der Waals surface area contributed by atoms with Crippen molar-refractivity contribution >= 4 is 5.91 Å². The minimum absolute atomic E-state index is 0.00405. The van der Waals surface area contributed by atoms with Crippen LogP contribution in [0.3, 0.4) is 0 Å². The Hall–Kier alpha value is -1.39. The van der Waals surface area contributed by atoms with Crippen LogP contribution >= 0.6 is 0 Å². The van der Waals surface area contributed by atoms with Gasteiger partial charge in [-0.15, -0.1) is 0 Å². The van der Waals surface area contributed by atoms with E-state index in [2.05, 4.69) is 5.32 Å². The molecule has 0 aromatic heterocycles. The zero-order valence-electron chi connectivity index (χ0n) is 11.2. The summed E-state index contributed by atoms with van der Waals surface area (Å²) < 4.78 is 5.32. The molecule has 4 nitrogen and oxygen atoms in total. The summed E-state index contributed by atoms with van der Waals surface area (Å²) in [5.74, 6) is 0.685. The van der Waals surface area contributed by atoms with Gasteiger partial charge in [-0.1, -0.05) is 12.1 Å². The maximum atomic E-state index is 11.9. The molecule has 1 amide bonds. The first-order valence-corrected chi connectivity index (χ1v) is 6.94. The fourth-order valence-electron chi connectivity index (χ4n) is 2.32. The zero-order chi connectivity index (χ0) is 13.5. The van der Waals surface area contributed by atoms with E-state index in [9.17, 15) is 4.79 Å². The number of rotatable bonds is 5. The molecule has 4 heteroatoms. The van der Waals surface area contributed by atoms with Crippen LogP contribution in [0.2, 0.25) is 0 Å². The van der Waals surface area contributed by atoms with Crippen LogP contribution in [0.15, 0.2) is 24.3 Å². The highest BCUT2D eigenvalue weighted by atomic mass is 16.5. The molecule has 0 unspecified atom stereocenters. The quantitative estimate of drug-likeness (QED) is 0.848. The lowest BCUT2D eigenvalue weighted by atomic mass is 9.96. The van der Waals surface area contributed by atoms with E-state index in [1.165, 1.54) is 0 Å². The van der Waals surface area contributed by atoms with Crippen molar-refractivity contribution in [3.8, 4) is 0 Å². The minimum atomic E-state index is -0.00405. The van der Waals surface area contributed by atoms with Crippen molar-refractivity contribution in [1.29, 1.82) is 0 Å². The first kappa shape index (κ1) is 14.0. The molecule has 0 radical (unpaired) electrons. The minimum Gasteiger partial charge on any atom is -0.381 e. The average Bonchev–Trinajstić information content (AvgIpc) is 2.48. The van der Waals surface area contributed by atoms with Crippen LogP contribution in [0.5, 0.6) is 0 Å². The molecule has 0 aliphatic carbocycles. The second-order valence-electron chi connectivity index (χ2n) is 5.00. The summed E-state index contributed by atoms with van der Waals surface area (Å²) >= 11 is 0. The van der Waals surface area contributed by atoms with E-state index in [0.717, 1.165) is 44.6 Å². The highest BCUT2D eigenvalue weighted by Crippen LogP contribution is 2.17. The first-order chi connectivity index (χ1) is 9.29. The van der Waals surface area contributed by atoms with Crippen LogP contribution in [0.25, 0.3) is 0 Å². The molecule has 1 aromatic carbocycles. The van der Waals surface area contributed by atoms with Crippen LogP contribution in [-0.2, 0) is 11.3 Å². The molecule has 1 fully saturated rings. The normalized spacial score (nSPS) is 16.3. The predicted molar refractivity (Wildman–Crippen MR) is 74.8 cm³/mol. The van der Waals surface area contributed by atoms with Gasteiger partial charge in [0, 0.05) is 31.9 Å². The van der Waals surface area contributed by atoms with E-state index in [1.807, 2.05) is 24.3 Å². The van der Waals surface area contributed by atoms with Gasteiger partial charge in [0.15, 0.2) is 0 Å². The number of carbonyl (C=O) groups is 1. The number of hydrogen-bond donors (Lipinski definition) is 2. The molecule has 0 spiro atoms. The first-order valence-electron chi connectivity index (χ1n) is 6.94. The summed E-state index contributed by atoms with van der Waals surface area (Å²) in [5.41, 5.74) is 7.27. The van der Waals surface area contributed by atoms with Gasteiger partial charge < -0.3 is 15.8 Å². The van der Waals surface area contributed by atoms with E-state index < -0.39 is 0 Å². The lowest BCUT2D eigenvalue weighted by Crippen LogP contribution is -2.27. The van der Waals surface area contributed by atoms with Crippen LogP contribution in [0.1, 0.15) is 35.2 Å². The monoisotopic (exact) mass is 262 g/mol. The standard InChI is InChI=1S/C15H22N2O2/c16-11-13-1-3-14(4-2-13)15(18)17-8-5-12-6-9-19-10-7-12/h1-4,12H,5-11,16H2,(H,17,18). The third kappa shape index (κ3) is 4.33. The molecular formula is C15H22N2O2. The van der Waals surface area contributed by atoms with Crippen LogP contribution in [0, 0.1) is 5.92 Å². The van der Waals surface area contributed by atoms with Crippen molar-refractivity contribution in [2.75, 3.05) is 19.8 Å². The second kappa shape index (κ2) is 7.26. The van der Waals surface area contributed by atoms with Crippen molar-refractivity contribution in [1.82, 2.24) is 5.32 Å². The summed E-state index contributed by atoms with van der Waals surface area (Å²) in [7, 11) is 0. The molecule has 1 aliphatic rings. The Balaban J connectivity index is 1.73. The maximum absolute atomic E-state index is 11.9. The Labute approximate surface area is 114 Å². The lowest BCUT2D eigenvalue weighted by Gasteiger charge is -2.21. The van der Waals surface area contributed by atoms with Gasteiger partial charge in [0.05, 0.1) is 0 Å². The van der Waals surface area contributed by atoms with Gasteiger partial charge in [-0.2, -0.15) is 0 Å². The average molecular weight is 262 g/mol. The number of benzene rings is 1. The molecular weight excluding hydrogens is 240 g/mol. The van der Waals surface area contributed by atoms with Crippen LogP contribution < -0.4 is 11.1 Å². The number of carbonyl (C=O) groups excluding carboxylic acids is 1. The Kier molecular flexibility index (Phi) is 5.36. The van der Waals surface area contributed by atoms with E-state index in [0.29, 0.717) is 18.0 Å². The number of amides is 1. The summed E-state index contributed by atoms with van der Waals surface area (Å²) in [4.78, 5) is 11.9. The maximum Gasteiger partial charge on any atom is 0.251 e. The summed E-state index contributed by atoms with van der Waals surface area (Å²) in [5, 5.41) is 2.97. The Morgan fingerprint density at radius 2 is 1.95 bits per heavy atom. The molecule has 19 heavy (non-hydrogen) atoms. The van der Waals surface area contributed by atoms with Gasteiger partial charge in [-0.05, 0) is 42.9 Å². The van der Waals surface area contributed by atoms with Crippen molar-refractivity contribution < 1.29 is 9.53 Å². The molecule has 3 N–H and O–H groups in total. The molecule has 0 saturated carbocycles. The van der Waals surface area contributed by atoms with Gasteiger partial charge in [-0.25, -0.2) is 0 Å². The van der Waals surface area contributed by atoms with E-state index in [-0.39, 0.29) is 5.91 Å². The molecule has 2 rings (SSSR count). The summed E-state index contributed by atoms with van der Waals surface area (Å²) in [6, 6.07) is 7.44. The molecule has 1 heterocycles. The third-order valence-electron chi connectivity index (χ3n) is 3.63. The number of nitrogens with one attached hydrogen (secondary N) is 1. The van der Waals surface area contributed by atoms with Gasteiger partial charge >= 0.3 is 0 Å². The topological polar surface area (TPSA) is 64.4 Å². The van der Waals surface area contributed by atoms with Gasteiger partial charge in [0.1, 0.15) is 0 Å². The highest BCUT2D eigenvalue weighted by molar-refractivity contribution is 5.94. The molecule has 1 aromatic rings. The largest absolute Gasteiger partial charge is 0.381 e. The van der Waals surface area contributed by atoms with Gasteiger partial charge in [0.25, 0.3) is 5.91 Å². The van der Waals surface area contributed by atoms with E-state index >= 15 is 0 Å². The van der Waals surface area contributed by atoms with Crippen molar-refractivity contribution in [3.63, 3.8) is 0 Å². The molecule has 0 bridgehead atoms. The molecule has 0 atom stereocenters. The van der Waals surface area contributed by atoms with Crippen LogP contribution in [0.4, 0.5) is 0 Å². The Bertz CT molecular complexity index is 397. The molecule has 1 saturated heterocycles. The summed E-state index contributed by atoms with van der Waals surface area (Å²) in [6.45, 7) is 2.96. The fraction of sp³-hybridized carbons (Fsp3) is 0.533. The number of nitrogens with two attached hydrogens (primary N) is 1.